The summed E-state index contributed by atoms with van der Waals surface area (Å²) >= 11 is 1.46. The molecular weight excluding hydrogens is 270 g/mol. The summed E-state index contributed by atoms with van der Waals surface area (Å²) in [5, 5.41) is 0.620. The van der Waals surface area contributed by atoms with E-state index >= 15 is 0 Å². The van der Waals surface area contributed by atoms with Crippen molar-refractivity contribution >= 4 is 11.8 Å². The van der Waals surface area contributed by atoms with Crippen LogP contribution in [0.1, 0.15) is 23.7 Å². The van der Waals surface area contributed by atoms with Gasteiger partial charge in [0.1, 0.15) is 0 Å². The fraction of sp³-hybridized carbons (Fsp3) is 0.333. The molecule has 0 radical (unpaired) electrons. The van der Waals surface area contributed by atoms with E-state index in [0.29, 0.717) is 5.16 Å². The lowest BCUT2D eigenvalue weighted by atomic mass is 10.0. The molecule has 106 valence electrons. The van der Waals surface area contributed by atoms with Gasteiger partial charge in [-0.15, -0.1) is 0 Å². The molecule has 0 saturated carbocycles. The van der Waals surface area contributed by atoms with E-state index in [1.165, 1.54) is 29.0 Å². The number of aromatic nitrogens is 2. The Bertz CT molecular complexity index is 664. The van der Waals surface area contributed by atoms with Crippen LogP contribution >= 0.6 is 11.8 Å². The van der Waals surface area contributed by atoms with Crippen LogP contribution in [0.3, 0.4) is 0 Å². The molecule has 1 aromatic carbocycles. The fourth-order valence-electron chi connectivity index (χ4n) is 2.02. The minimum absolute atomic E-state index is 0.120. The van der Waals surface area contributed by atoms with Crippen molar-refractivity contribution < 1.29 is 0 Å². The van der Waals surface area contributed by atoms with Gasteiger partial charge < -0.3 is 10.7 Å². The predicted octanol–water partition coefficient (Wildman–Crippen LogP) is 2.43. The maximum atomic E-state index is 11.4. The van der Waals surface area contributed by atoms with Gasteiger partial charge in [-0.1, -0.05) is 17.8 Å². The summed E-state index contributed by atoms with van der Waals surface area (Å²) in [7, 11) is 0. The molecule has 0 aliphatic carbocycles. The molecule has 3 N–H and O–H groups in total. The van der Waals surface area contributed by atoms with Gasteiger partial charge in [0.15, 0.2) is 5.16 Å². The number of nitrogens with zero attached hydrogens (tertiary/aromatic N) is 1. The molecule has 20 heavy (non-hydrogen) atoms. The second-order valence-electron chi connectivity index (χ2n) is 5.06. The number of aromatic amines is 1. The molecule has 0 aliphatic rings. The largest absolute Gasteiger partial charge is 0.328 e. The summed E-state index contributed by atoms with van der Waals surface area (Å²) in [6.07, 6.45) is 0.871. The second-order valence-corrected chi connectivity index (χ2v) is 6.13. The van der Waals surface area contributed by atoms with Gasteiger partial charge in [-0.25, -0.2) is 4.98 Å². The molecule has 0 amide bonds. The summed E-state index contributed by atoms with van der Waals surface area (Å²) in [4.78, 5) is 19.5. The van der Waals surface area contributed by atoms with Gasteiger partial charge in [-0.2, -0.15) is 0 Å². The van der Waals surface area contributed by atoms with Crippen molar-refractivity contribution in [2.75, 3.05) is 0 Å². The Kier molecular flexibility index (Phi) is 4.62. The van der Waals surface area contributed by atoms with Gasteiger partial charge in [0.2, 0.25) is 0 Å². The van der Waals surface area contributed by atoms with E-state index in [-0.39, 0.29) is 11.6 Å². The van der Waals surface area contributed by atoms with Gasteiger partial charge >= 0.3 is 0 Å². The number of nitrogens with two attached hydrogens (primary N) is 1. The SMILES string of the molecule is Cc1cc(=O)[nH]c(Sc2ccc(CC(C)N)c(C)c2)n1. The van der Waals surface area contributed by atoms with Crippen molar-refractivity contribution in [3.8, 4) is 0 Å². The number of hydrogen-bond donors (Lipinski definition) is 2. The first-order valence-corrected chi connectivity index (χ1v) is 7.36. The molecule has 0 aliphatic heterocycles. The van der Waals surface area contributed by atoms with Gasteiger partial charge in [0, 0.05) is 22.7 Å². The highest BCUT2D eigenvalue weighted by Crippen LogP contribution is 2.26. The molecule has 1 atom stereocenters. The molecule has 0 bridgehead atoms. The van der Waals surface area contributed by atoms with Crippen LogP contribution in [-0.4, -0.2) is 16.0 Å². The maximum absolute atomic E-state index is 11.4. The highest BCUT2D eigenvalue weighted by Gasteiger charge is 2.06. The zero-order chi connectivity index (χ0) is 14.7. The van der Waals surface area contributed by atoms with E-state index in [0.717, 1.165) is 17.0 Å². The number of aryl methyl sites for hydroxylation is 2. The zero-order valence-electron chi connectivity index (χ0n) is 11.9. The smallest absolute Gasteiger partial charge is 0.251 e. The monoisotopic (exact) mass is 289 g/mol. The Morgan fingerprint density at radius 1 is 1.35 bits per heavy atom. The van der Waals surface area contributed by atoms with E-state index in [1.54, 1.807) is 0 Å². The fourth-order valence-corrected chi connectivity index (χ4v) is 2.96. The third kappa shape index (κ3) is 3.95. The molecule has 1 heterocycles. The Hall–Kier alpha value is -1.59. The van der Waals surface area contributed by atoms with Gasteiger partial charge in [0.05, 0.1) is 0 Å². The van der Waals surface area contributed by atoms with E-state index in [9.17, 15) is 4.79 Å². The van der Waals surface area contributed by atoms with E-state index in [4.69, 9.17) is 5.73 Å². The number of hydrogen-bond acceptors (Lipinski definition) is 4. The third-order valence-corrected chi connectivity index (χ3v) is 3.79. The van der Waals surface area contributed by atoms with Crippen LogP contribution in [0.5, 0.6) is 0 Å². The summed E-state index contributed by atoms with van der Waals surface area (Å²) in [5.74, 6) is 0. The summed E-state index contributed by atoms with van der Waals surface area (Å²) in [6.45, 7) is 5.90. The summed E-state index contributed by atoms with van der Waals surface area (Å²) in [5.41, 5.74) is 8.91. The average Bonchev–Trinajstić information content (AvgIpc) is 2.31. The van der Waals surface area contributed by atoms with Crippen molar-refractivity contribution in [3.63, 3.8) is 0 Å². The number of H-pyrrole nitrogens is 1. The van der Waals surface area contributed by atoms with Crippen LogP contribution in [0.25, 0.3) is 0 Å². The van der Waals surface area contributed by atoms with Gasteiger partial charge in [-0.05, 0) is 50.5 Å². The van der Waals surface area contributed by atoms with Crippen LogP contribution in [-0.2, 0) is 6.42 Å². The Morgan fingerprint density at radius 3 is 2.70 bits per heavy atom. The molecule has 1 unspecified atom stereocenters. The van der Waals surface area contributed by atoms with Crippen molar-refractivity contribution in [2.45, 2.75) is 43.3 Å². The quantitative estimate of drug-likeness (QED) is 0.848. The molecule has 2 aromatic rings. The summed E-state index contributed by atoms with van der Waals surface area (Å²) < 4.78 is 0. The Balaban J connectivity index is 2.22. The van der Waals surface area contributed by atoms with Crippen LogP contribution in [0, 0.1) is 13.8 Å². The lowest BCUT2D eigenvalue weighted by Crippen LogP contribution is -2.18. The first kappa shape index (κ1) is 14.8. The first-order valence-electron chi connectivity index (χ1n) is 6.55. The van der Waals surface area contributed by atoms with Crippen LogP contribution in [0.15, 0.2) is 39.1 Å². The van der Waals surface area contributed by atoms with E-state index in [2.05, 4.69) is 29.0 Å². The molecule has 0 saturated heterocycles. The van der Waals surface area contributed by atoms with Gasteiger partial charge in [-0.3, -0.25) is 4.79 Å². The van der Waals surface area contributed by atoms with Crippen molar-refractivity contribution in [1.82, 2.24) is 9.97 Å². The molecule has 2 rings (SSSR count). The third-order valence-electron chi connectivity index (χ3n) is 2.92. The normalized spacial score (nSPS) is 12.4. The average molecular weight is 289 g/mol. The Morgan fingerprint density at radius 2 is 2.10 bits per heavy atom. The lowest BCUT2D eigenvalue weighted by Gasteiger charge is -2.10. The maximum Gasteiger partial charge on any atom is 0.251 e. The zero-order valence-corrected chi connectivity index (χ0v) is 12.8. The van der Waals surface area contributed by atoms with Crippen LogP contribution in [0.2, 0.25) is 0 Å². The topological polar surface area (TPSA) is 71.8 Å². The van der Waals surface area contributed by atoms with Crippen molar-refractivity contribution in [3.05, 3.63) is 51.4 Å². The highest BCUT2D eigenvalue weighted by atomic mass is 32.2. The second kappa shape index (κ2) is 6.24. The Labute approximate surface area is 122 Å². The predicted molar refractivity (Wildman–Crippen MR) is 82.3 cm³/mol. The van der Waals surface area contributed by atoms with Crippen LogP contribution < -0.4 is 11.3 Å². The highest BCUT2D eigenvalue weighted by molar-refractivity contribution is 7.99. The summed E-state index contributed by atoms with van der Waals surface area (Å²) in [6, 6.07) is 7.88. The van der Waals surface area contributed by atoms with E-state index in [1.807, 2.05) is 19.9 Å². The lowest BCUT2D eigenvalue weighted by molar-refractivity contribution is 0.734. The molecule has 1 aromatic heterocycles. The first-order chi connectivity index (χ1) is 9.44. The molecular formula is C15H19N3OS. The molecule has 4 nitrogen and oxygen atoms in total. The molecule has 0 fully saturated rings. The standard InChI is InChI=1S/C15H19N3OS/c1-9-6-13(5-4-12(9)7-10(2)16)20-15-17-11(3)8-14(19)18-15/h4-6,8,10H,7,16H2,1-3H3,(H,17,18,19). The number of nitrogens with one attached hydrogen (secondary N) is 1. The minimum atomic E-state index is -0.120. The number of benzene rings is 1. The van der Waals surface area contributed by atoms with Crippen molar-refractivity contribution in [2.24, 2.45) is 5.73 Å². The van der Waals surface area contributed by atoms with Crippen molar-refractivity contribution in [1.29, 1.82) is 0 Å². The van der Waals surface area contributed by atoms with E-state index < -0.39 is 0 Å². The minimum Gasteiger partial charge on any atom is -0.328 e. The van der Waals surface area contributed by atoms with Crippen LogP contribution in [0.4, 0.5) is 0 Å². The molecule has 0 spiro atoms. The van der Waals surface area contributed by atoms with Gasteiger partial charge in [0.25, 0.3) is 5.56 Å². The molecule has 5 heteroatoms. The number of rotatable bonds is 4.